The van der Waals surface area contributed by atoms with E-state index in [0.29, 0.717) is 0 Å². The third kappa shape index (κ3) is 3.26. The van der Waals surface area contributed by atoms with Crippen LogP contribution in [0.4, 0.5) is 0 Å². The van der Waals surface area contributed by atoms with Crippen LogP contribution < -0.4 is 13.1 Å². The Morgan fingerprint density at radius 1 is 0.385 bits per heavy atom. The molecule has 0 heterocycles. The van der Waals surface area contributed by atoms with Crippen molar-refractivity contribution in [2.75, 3.05) is 0 Å². The van der Waals surface area contributed by atoms with E-state index in [9.17, 15) is 0 Å². The molecule has 0 aliphatic heterocycles. The second-order valence-electron chi connectivity index (χ2n) is 6.46. The van der Waals surface area contributed by atoms with Gasteiger partial charge in [0.05, 0.1) is 0 Å². The van der Waals surface area contributed by atoms with E-state index < -0.39 is 13.6 Å². The summed E-state index contributed by atoms with van der Waals surface area (Å²) in [4.78, 5) is 0. The molecule has 126 valence electrons. The molecule has 0 N–H and O–H groups in total. The molecule has 0 aromatic heterocycles. The van der Waals surface area contributed by atoms with Gasteiger partial charge in [0.2, 0.25) is 0 Å². The fraction of sp³-hybridized carbons (Fsp3) is 0.0400. The summed E-state index contributed by atoms with van der Waals surface area (Å²) in [7, 11) is 0. The standard InChI is InChI=1S/C25H22As/c1-5-13-22(14-6-1)21-26(23-15-7-2-8-16-23,24-17-9-3-10-18-24)25-19-11-4-12-20-25/h1-20H,21H2/q+1. The minimum absolute atomic E-state index is 1.09. The maximum absolute atomic E-state index is 2.63. The topological polar surface area (TPSA) is 0 Å². The van der Waals surface area contributed by atoms with Crippen LogP contribution in [0.5, 0.6) is 0 Å². The molecular weight excluding hydrogens is 375 g/mol. The van der Waals surface area contributed by atoms with E-state index in [0.717, 1.165) is 5.21 Å². The van der Waals surface area contributed by atoms with Gasteiger partial charge in [0.25, 0.3) is 0 Å². The zero-order chi connectivity index (χ0) is 17.7. The van der Waals surface area contributed by atoms with E-state index in [2.05, 4.69) is 121 Å². The number of benzene rings is 4. The Kier molecular flexibility index (Phi) is 5.04. The first kappa shape index (κ1) is 16.9. The Morgan fingerprint density at radius 3 is 1.04 bits per heavy atom. The molecule has 0 saturated heterocycles. The molecular formula is C25H22As+. The first-order valence-corrected chi connectivity index (χ1v) is 13.1. The van der Waals surface area contributed by atoms with Crippen LogP contribution in [0, 0.1) is 0 Å². The van der Waals surface area contributed by atoms with Crippen LogP contribution in [0.25, 0.3) is 0 Å². The zero-order valence-corrected chi connectivity index (χ0v) is 16.6. The summed E-state index contributed by atoms with van der Waals surface area (Å²) < 4.78 is 4.48. The molecule has 26 heavy (non-hydrogen) atoms. The molecule has 0 aliphatic rings. The monoisotopic (exact) mass is 397 g/mol. The van der Waals surface area contributed by atoms with E-state index in [4.69, 9.17) is 0 Å². The zero-order valence-electron chi connectivity index (χ0n) is 14.7. The summed E-state index contributed by atoms with van der Waals surface area (Å²) >= 11 is -2.63. The first-order valence-electron chi connectivity index (χ1n) is 8.98. The molecule has 0 amide bonds. The van der Waals surface area contributed by atoms with E-state index in [1.54, 1.807) is 0 Å². The Hall–Kier alpha value is -2.56. The van der Waals surface area contributed by atoms with Crippen molar-refractivity contribution in [3.05, 3.63) is 127 Å². The molecule has 4 rings (SSSR count). The molecule has 0 unspecified atom stereocenters. The second kappa shape index (κ2) is 7.77. The fourth-order valence-electron chi connectivity index (χ4n) is 3.63. The van der Waals surface area contributed by atoms with Crippen LogP contribution in [0.1, 0.15) is 5.56 Å². The van der Waals surface area contributed by atoms with Gasteiger partial charge in [0.1, 0.15) is 0 Å². The van der Waals surface area contributed by atoms with Gasteiger partial charge in [-0.3, -0.25) is 0 Å². The molecule has 0 nitrogen and oxygen atoms in total. The summed E-state index contributed by atoms with van der Waals surface area (Å²) in [6, 6.07) is 44.4. The van der Waals surface area contributed by atoms with Gasteiger partial charge in [-0.15, -0.1) is 0 Å². The van der Waals surface area contributed by atoms with E-state index in [-0.39, 0.29) is 0 Å². The van der Waals surface area contributed by atoms with E-state index >= 15 is 0 Å². The van der Waals surface area contributed by atoms with Gasteiger partial charge in [-0.1, -0.05) is 0 Å². The average Bonchev–Trinajstić information content (AvgIpc) is 2.75. The summed E-state index contributed by atoms with van der Waals surface area (Å²) in [5.74, 6) is 0. The van der Waals surface area contributed by atoms with Crippen LogP contribution in [-0.2, 0) is 5.21 Å². The van der Waals surface area contributed by atoms with Crippen molar-refractivity contribution in [3.63, 3.8) is 0 Å². The van der Waals surface area contributed by atoms with Crippen molar-refractivity contribution < 1.29 is 0 Å². The fourth-order valence-corrected chi connectivity index (χ4v) is 12.5. The van der Waals surface area contributed by atoms with Gasteiger partial charge in [-0.25, -0.2) is 0 Å². The van der Waals surface area contributed by atoms with Gasteiger partial charge in [-0.05, 0) is 0 Å². The third-order valence-electron chi connectivity index (χ3n) is 4.85. The van der Waals surface area contributed by atoms with Crippen molar-refractivity contribution in [3.8, 4) is 0 Å². The average molecular weight is 397 g/mol. The Labute approximate surface area is 158 Å². The van der Waals surface area contributed by atoms with Gasteiger partial charge in [-0.2, -0.15) is 0 Å². The summed E-state index contributed by atoms with van der Waals surface area (Å²) in [6.45, 7) is 0. The van der Waals surface area contributed by atoms with E-state index in [1.807, 2.05) is 0 Å². The van der Waals surface area contributed by atoms with Crippen molar-refractivity contribution >= 4 is 26.6 Å². The van der Waals surface area contributed by atoms with Gasteiger partial charge in [0, 0.05) is 0 Å². The second-order valence-corrected chi connectivity index (χ2v) is 13.8. The Bertz CT molecular complexity index is 836. The Morgan fingerprint density at radius 2 is 0.692 bits per heavy atom. The summed E-state index contributed by atoms with van der Waals surface area (Å²) in [5, 5.41) is 1.09. The van der Waals surface area contributed by atoms with Crippen LogP contribution in [-0.4, -0.2) is 13.6 Å². The van der Waals surface area contributed by atoms with Crippen molar-refractivity contribution in [1.29, 1.82) is 0 Å². The van der Waals surface area contributed by atoms with Crippen LogP contribution in [0.3, 0.4) is 0 Å². The molecule has 0 saturated carbocycles. The number of hydrogen-bond donors (Lipinski definition) is 0. The van der Waals surface area contributed by atoms with Gasteiger partial charge in [0.15, 0.2) is 0 Å². The van der Waals surface area contributed by atoms with Gasteiger partial charge < -0.3 is 0 Å². The predicted molar refractivity (Wildman–Crippen MR) is 114 cm³/mol. The molecule has 0 spiro atoms. The molecule has 0 bridgehead atoms. The van der Waals surface area contributed by atoms with Crippen molar-refractivity contribution in [2.24, 2.45) is 0 Å². The predicted octanol–water partition coefficient (Wildman–Crippen LogP) is 3.94. The quantitative estimate of drug-likeness (QED) is 0.448. The normalized spacial score (nSPS) is 11.2. The van der Waals surface area contributed by atoms with E-state index in [1.165, 1.54) is 18.6 Å². The molecule has 0 aliphatic carbocycles. The van der Waals surface area contributed by atoms with Crippen molar-refractivity contribution in [2.45, 2.75) is 5.21 Å². The third-order valence-corrected chi connectivity index (χ3v) is 14.0. The number of hydrogen-bond acceptors (Lipinski definition) is 0. The number of rotatable bonds is 5. The van der Waals surface area contributed by atoms with Crippen molar-refractivity contribution in [1.82, 2.24) is 0 Å². The van der Waals surface area contributed by atoms with Gasteiger partial charge >= 0.3 is 159 Å². The minimum atomic E-state index is -2.63. The molecule has 4 aromatic carbocycles. The van der Waals surface area contributed by atoms with Crippen LogP contribution in [0.2, 0.25) is 0 Å². The summed E-state index contributed by atoms with van der Waals surface area (Å²) in [6.07, 6.45) is 0. The molecule has 1 heteroatoms. The first-order chi connectivity index (χ1) is 12.9. The SMILES string of the molecule is c1ccc(C[As+](c2ccccc2)(c2ccccc2)c2ccccc2)cc1. The molecule has 0 radical (unpaired) electrons. The maximum atomic E-state index is 2.33. The molecule has 4 aromatic rings. The molecule has 0 atom stereocenters. The Balaban J connectivity index is 2.00. The molecule has 0 fully saturated rings. The summed E-state index contributed by atoms with van der Waals surface area (Å²) in [5.41, 5.74) is 1.41. The van der Waals surface area contributed by atoms with Crippen LogP contribution in [0.15, 0.2) is 121 Å². The van der Waals surface area contributed by atoms with Crippen LogP contribution >= 0.6 is 0 Å².